The van der Waals surface area contributed by atoms with Crippen LogP contribution in [0.5, 0.6) is 0 Å². The Labute approximate surface area is 381 Å². The number of carboxylic acids is 1. The molecule has 7 rings (SSSR count). The van der Waals surface area contributed by atoms with E-state index >= 15 is 0 Å². The highest BCUT2D eigenvalue weighted by molar-refractivity contribution is 6.30. The van der Waals surface area contributed by atoms with Crippen LogP contribution in [0, 0.1) is 68.0 Å². The Balaban J connectivity index is 1.09. The van der Waals surface area contributed by atoms with Gasteiger partial charge in [0.05, 0.1) is 17.4 Å². The second-order valence-corrected chi connectivity index (χ2v) is 24.1. The zero-order valence-electron chi connectivity index (χ0n) is 39.8. The quantitative estimate of drug-likeness (QED) is 0.142. The summed E-state index contributed by atoms with van der Waals surface area (Å²) in [4.78, 5) is 67.4. The Kier molecular flexibility index (Phi) is 12.6. The first-order valence-corrected chi connectivity index (χ1v) is 24.4. The van der Waals surface area contributed by atoms with E-state index in [1.54, 1.807) is 24.3 Å². The monoisotopic (exact) mass is 890 g/mol. The van der Waals surface area contributed by atoms with Gasteiger partial charge in [0.25, 0.3) is 5.91 Å². The normalized spacial score (nSPS) is 37.3. The Morgan fingerprint density at radius 3 is 2.19 bits per heavy atom. The molecule has 0 radical (unpaired) electrons. The molecular weight excluding hydrogens is 814 g/mol. The summed E-state index contributed by atoms with van der Waals surface area (Å²) >= 11 is 6.08. The molecule has 63 heavy (non-hydrogen) atoms. The molecule has 2 amide bonds. The number of esters is 1. The van der Waals surface area contributed by atoms with Gasteiger partial charge in [0, 0.05) is 40.8 Å². The van der Waals surface area contributed by atoms with Crippen molar-refractivity contribution in [2.45, 2.75) is 164 Å². The molecule has 0 aromatic heterocycles. The van der Waals surface area contributed by atoms with Crippen molar-refractivity contribution in [1.82, 2.24) is 10.6 Å². The number of benzene rings is 1. The van der Waals surface area contributed by atoms with Crippen molar-refractivity contribution in [3.63, 3.8) is 0 Å². The van der Waals surface area contributed by atoms with E-state index in [4.69, 9.17) is 22.1 Å². The fourth-order valence-corrected chi connectivity index (χ4v) is 15.5. The molecule has 348 valence electrons. The number of carbonyl (C=O) groups is 5. The minimum atomic E-state index is -0.843. The van der Waals surface area contributed by atoms with Gasteiger partial charge in [-0.1, -0.05) is 79.5 Å². The number of carboxylic acid groups (broad SMARTS) is 1. The summed E-state index contributed by atoms with van der Waals surface area (Å²) in [6.07, 6.45) is 9.62. The lowest BCUT2D eigenvalue weighted by Crippen LogP contribution is -2.66. The third kappa shape index (κ3) is 7.80. The number of nitrogens with two attached hydrogens (primary N) is 1. The lowest BCUT2D eigenvalue weighted by molar-refractivity contribution is -0.236. The van der Waals surface area contributed by atoms with Crippen LogP contribution in [0.15, 0.2) is 35.4 Å². The topological polar surface area (TPSA) is 165 Å². The van der Waals surface area contributed by atoms with Crippen LogP contribution < -0.4 is 16.4 Å². The zero-order valence-corrected chi connectivity index (χ0v) is 40.6. The lowest BCUT2D eigenvalue weighted by atomic mass is 9.33. The van der Waals surface area contributed by atoms with Crippen molar-refractivity contribution in [3.8, 4) is 0 Å². The van der Waals surface area contributed by atoms with Gasteiger partial charge < -0.3 is 26.2 Å². The van der Waals surface area contributed by atoms with E-state index in [0.29, 0.717) is 54.6 Å². The molecule has 0 spiro atoms. The van der Waals surface area contributed by atoms with Crippen molar-refractivity contribution < 1.29 is 33.8 Å². The molecule has 5 fully saturated rings. The zero-order chi connectivity index (χ0) is 46.3. The fraction of sp³-hybridized carbons (Fsp3) is 0.750. The van der Waals surface area contributed by atoms with Gasteiger partial charge in [0.15, 0.2) is 5.78 Å². The van der Waals surface area contributed by atoms with Crippen LogP contribution in [0.25, 0.3) is 0 Å². The number of nitrogens with one attached hydrogen (secondary N) is 2. The number of carbonyl (C=O) groups excluding carboxylic acids is 4. The van der Waals surface area contributed by atoms with Gasteiger partial charge in [-0.2, -0.15) is 0 Å². The second kappa shape index (κ2) is 16.6. The second-order valence-electron chi connectivity index (χ2n) is 23.6. The first kappa shape index (κ1) is 47.7. The number of Topliss-reactive ketones (excluding diaryl/α,β-unsaturated/α-hetero) is 1. The summed E-state index contributed by atoms with van der Waals surface area (Å²) in [5.74, 6) is -1.10. The van der Waals surface area contributed by atoms with Crippen LogP contribution in [-0.2, 0) is 23.9 Å². The number of hydrogen-bond acceptors (Lipinski definition) is 7. The number of allylic oxidation sites excluding steroid dienone is 2. The Morgan fingerprint density at radius 1 is 0.889 bits per heavy atom. The highest BCUT2D eigenvalue weighted by Gasteiger charge is 2.70. The molecule has 11 heteroatoms. The highest BCUT2D eigenvalue weighted by atomic mass is 35.5. The molecular formula is C52H76ClN3O7. The van der Waals surface area contributed by atoms with E-state index < -0.39 is 34.2 Å². The average Bonchev–Trinajstić information content (AvgIpc) is 3.49. The molecule has 6 aliphatic carbocycles. The molecule has 1 aromatic rings. The average molecular weight is 891 g/mol. The van der Waals surface area contributed by atoms with E-state index in [-0.39, 0.29) is 76.1 Å². The Hall–Kier alpha value is -3.24. The van der Waals surface area contributed by atoms with Gasteiger partial charge in [-0.05, 0) is 159 Å². The largest absolute Gasteiger partial charge is 0.481 e. The van der Waals surface area contributed by atoms with E-state index in [1.165, 1.54) is 5.57 Å². The van der Waals surface area contributed by atoms with Crippen molar-refractivity contribution in [1.29, 1.82) is 0 Å². The van der Waals surface area contributed by atoms with Gasteiger partial charge in [0.1, 0.15) is 6.10 Å². The van der Waals surface area contributed by atoms with Crippen molar-refractivity contribution in [3.05, 3.63) is 46.0 Å². The van der Waals surface area contributed by atoms with Gasteiger partial charge in [-0.15, -0.1) is 0 Å². The number of rotatable bonds is 13. The number of amides is 2. The first-order chi connectivity index (χ1) is 29.3. The smallest absolute Gasteiger partial charge is 0.309 e. The highest BCUT2D eigenvalue weighted by Crippen LogP contribution is 2.77. The maximum atomic E-state index is 14.3. The molecule has 11 atom stereocenters. The molecule has 1 unspecified atom stereocenters. The molecule has 1 aromatic carbocycles. The van der Waals surface area contributed by atoms with Crippen LogP contribution in [0.4, 0.5) is 0 Å². The third-order valence-electron chi connectivity index (χ3n) is 19.3. The maximum absolute atomic E-state index is 14.3. The molecule has 0 aliphatic heterocycles. The van der Waals surface area contributed by atoms with Crippen LogP contribution in [-0.4, -0.2) is 59.4 Å². The molecule has 0 heterocycles. The SMILES string of the molecule is CC(C)C1=C2[C@H]3CC[C@@H]4[C@@]5(C)CC[C@H](OC(=O)[C@H]6C[C@@H](C(=O)O)C6(C)C)C(C)(C)[C@@H]5CC[C@@]4(C)[C@]3(C)CC[C@@]2(CC(=O)NCC(C)(CCCN)NC(=O)c2ccc(Cl)cc2)CC1=O. The number of fused-ring (bicyclic) bond motifs is 7. The van der Waals surface area contributed by atoms with Crippen LogP contribution in [0.3, 0.4) is 0 Å². The number of aliphatic carboxylic acids is 1. The van der Waals surface area contributed by atoms with Gasteiger partial charge in [0.2, 0.25) is 5.91 Å². The van der Waals surface area contributed by atoms with Gasteiger partial charge in [-0.3, -0.25) is 24.0 Å². The van der Waals surface area contributed by atoms with Crippen molar-refractivity contribution >= 4 is 41.1 Å². The van der Waals surface area contributed by atoms with Crippen molar-refractivity contribution in [2.75, 3.05) is 13.1 Å². The minimum absolute atomic E-state index is 0.00477. The molecule has 5 N–H and O–H groups in total. The van der Waals surface area contributed by atoms with E-state index in [0.717, 1.165) is 56.9 Å². The number of hydrogen-bond donors (Lipinski definition) is 4. The molecule has 0 saturated heterocycles. The Morgan fingerprint density at radius 2 is 1.57 bits per heavy atom. The third-order valence-corrected chi connectivity index (χ3v) is 19.5. The number of halogens is 1. The summed E-state index contributed by atoms with van der Waals surface area (Å²) in [6, 6.07) is 6.76. The van der Waals surface area contributed by atoms with Crippen LogP contribution in [0.2, 0.25) is 5.02 Å². The van der Waals surface area contributed by atoms with E-state index in [9.17, 15) is 29.1 Å². The van der Waals surface area contributed by atoms with Crippen LogP contribution >= 0.6 is 11.6 Å². The minimum Gasteiger partial charge on any atom is -0.481 e. The lowest BCUT2D eigenvalue weighted by Gasteiger charge is -2.72. The molecule has 5 saturated carbocycles. The predicted molar refractivity (Wildman–Crippen MR) is 246 cm³/mol. The molecule has 0 bridgehead atoms. The van der Waals surface area contributed by atoms with Crippen LogP contribution in [0.1, 0.15) is 163 Å². The summed E-state index contributed by atoms with van der Waals surface area (Å²) < 4.78 is 6.43. The summed E-state index contributed by atoms with van der Waals surface area (Å²) in [7, 11) is 0. The number of ketones is 1. The van der Waals surface area contributed by atoms with E-state index in [1.807, 2.05) is 20.8 Å². The molecule has 6 aliphatic rings. The summed E-state index contributed by atoms with van der Waals surface area (Å²) in [6.45, 7) is 22.9. The predicted octanol–water partition coefficient (Wildman–Crippen LogP) is 9.71. The Bertz CT molecular complexity index is 2050. The first-order valence-electron chi connectivity index (χ1n) is 24.1. The van der Waals surface area contributed by atoms with E-state index in [2.05, 4.69) is 59.1 Å². The van der Waals surface area contributed by atoms with Gasteiger partial charge in [-0.25, -0.2) is 0 Å². The van der Waals surface area contributed by atoms with Gasteiger partial charge >= 0.3 is 11.9 Å². The standard InChI is InChI=1S/C52H76ClN3O7/c1-30(2)41-36(57)27-52(28-40(58)55-29-48(7,20-11-25-54)56-43(59)31-12-14-32(53)15-13-31)24-23-50(9)33(42(41)52)16-17-38-49(8)21-19-39(47(5,6)37(49)18-22-51(38,50)10)63-45(62)35-26-34(44(60)61)46(35,3)4/h12-15,30,33-35,37-39H,11,16-29,54H2,1-10H3,(H,55,58)(H,56,59)(H,60,61)/t33-,34+,35-,37+,38-,39+,48?,49+,50-,51-,52+/m1/s1. The maximum Gasteiger partial charge on any atom is 0.309 e. The van der Waals surface area contributed by atoms with Crippen molar-refractivity contribution in [2.24, 2.45) is 73.7 Å². The number of ether oxygens (including phenoxy) is 1. The summed E-state index contributed by atoms with van der Waals surface area (Å²) in [5, 5.41) is 16.6. The fourth-order valence-electron chi connectivity index (χ4n) is 15.4. The summed E-state index contributed by atoms with van der Waals surface area (Å²) in [5.41, 5.74) is 6.46. The molecule has 10 nitrogen and oxygen atoms in total.